The van der Waals surface area contributed by atoms with Crippen LogP contribution in [0, 0.1) is 0 Å². The summed E-state index contributed by atoms with van der Waals surface area (Å²) in [6, 6.07) is 20.0. The van der Waals surface area contributed by atoms with Crippen molar-refractivity contribution in [2.24, 2.45) is 5.73 Å². The van der Waals surface area contributed by atoms with Gasteiger partial charge in [0.15, 0.2) is 5.65 Å². The lowest BCUT2D eigenvalue weighted by molar-refractivity contribution is -0.129. The van der Waals surface area contributed by atoms with Crippen LogP contribution in [0.1, 0.15) is 77.3 Å². The topological polar surface area (TPSA) is 285 Å². The molecule has 3 aromatic heterocycles. The number of piperidine rings is 2. The fraction of sp³-hybridized carbons (Fsp3) is 0.421. The molecule has 9 rings (SSSR count). The molecule has 2 atom stereocenters. The van der Waals surface area contributed by atoms with Gasteiger partial charge in [-0.05, 0) is 73.5 Å². The summed E-state index contributed by atoms with van der Waals surface area (Å²) in [5.41, 5.74) is 12.2. The van der Waals surface area contributed by atoms with Crippen LogP contribution in [0.5, 0.6) is 0 Å². The molecule has 3 aliphatic rings. The highest BCUT2D eigenvalue weighted by atomic mass is 16.5. The van der Waals surface area contributed by atoms with E-state index in [1.54, 1.807) is 22.8 Å². The number of nitrogens with zero attached hydrogens (tertiary/aromatic N) is 8. The summed E-state index contributed by atoms with van der Waals surface area (Å²) in [7, 11) is 1.95. The molecule has 422 valence electrons. The first kappa shape index (κ1) is 56.8. The Hall–Kier alpha value is -7.93. The van der Waals surface area contributed by atoms with Gasteiger partial charge in [0, 0.05) is 91.9 Å². The highest BCUT2D eigenvalue weighted by Crippen LogP contribution is 2.34. The van der Waals surface area contributed by atoms with Crippen LogP contribution >= 0.6 is 0 Å². The third-order valence-corrected chi connectivity index (χ3v) is 14.2. The minimum absolute atomic E-state index is 0.0785. The maximum absolute atomic E-state index is 13.3. The van der Waals surface area contributed by atoms with Gasteiger partial charge in [0.1, 0.15) is 6.23 Å². The molecule has 80 heavy (non-hydrogen) atoms. The SMILES string of the molecule is CC(C)c1cnn2c(NCc3ccccc3-c3nccc4cc(NC(=O)/C=C/CN(C)CCOCCOCCOCCNC(=O)CNc5cccc6c5C(=O)N(C5CCC(=O)NC5O)C6=O)ccc34)nc(N3CCC(N)CC3)nc12. The van der Waals surface area contributed by atoms with Crippen LogP contribution in [0.25, 0.3) is 27.7 Å². The molecular weight excluding hydrogens is 1020 g/mol. The van der Waals surface area contributed by atoms with E-state index in [2.05, 4.69) is 62.6 Å². The lowest BCUT2D eigenvalue weighted by Gasteiger charge is -2.33. The summed E-state index contributed by atoms with van der Waals surface area (Å²) < 4.78 is 18.7. The molecule has 6 aromatic rings. The first-order valence-corrected chi connectivity index (χ1v) is 27.2. The number of fused-ring (bicyclic) bond motifs is 3. The fourth-order valence-corrected chi connectivity index (χ4v) is 9.87. The molecule has 3 aromatic carbocycles. The molecule has 6 heterocycles. The van der Waals surface area contributed by atoms with Crippen molar-refractivity contribution in [1.29, 1.82) is 0 Å². The van der Waals surface area contributed by atoms with Crippen LogP contribution in [0.3, 0.4) is 0 Å². The molecule has 2 saturated heterocycles. The van der Waals surface area contributed by atoms with Crippen LogP contribution in [0.2, 0.25) is 0 Å². The number of nitrogens with two attached hydrogens (primary N) is 1. The van der Waals surface area contributed by atoms with E-state index >= 15 is 0 Å². The van der Waals surface area contributed by atoms with E-state index in [1.165, 1.54) is 12.1 Å². The van der Waals surface area contributed by atoms with Crippen molar-refractivity contribution in [2.75, 3.05) is 107 Å². The lowest BCUT2D eigenvalue weighted by Crippen LogP contribution is -2.57. The van der Waals surface area contributed by atoms with Gasteiger partial charge in [-0.3, -0.25) is 33.9 Å². The highest BCUT2D eigenvalue weighted by molar-refractivity contribution is 6.24. The monoisotopic (exact) mass is 1090 g/mol. The normalized spacial score (nSPS) is 16.8. The number of ether oxygens (including phenoxy) is 3. The second kappa shape index (κ2) is 26.8. The number of amides is 5. The molecular formula is C57H70N14O9. The van der Waals surface area contributed by atoms with Gasteiger partial charge in [-0.15, -0.1) is 0 Å². The second-order valence-electron chi connectivity index (χ2n) is 20.3. The standard InChI is InChI=1S/C57H70N14O9/c1-36(2)44-34-63-71-52(44)66-57(69-23-18-39(58)19-24-69)67-56(71)62-33-38-8-4-5-9-41(38)51-42-14-13-40(32-37(42)17-20-60-51)64-47(72)12-7-22-68(3)25-27-79-29-31-80-30-28-78-26-21-59-49(74)35-61-45-11-6-10-43-50(45)55(77)70(54(43)76)46-15-16-48(73)65-53(46)75/h4-14,17,20,32,34,36,39,46,53,61,75H,15-16,18-19,21-31,33,35,58H2,1-3H3,(H,59,74)(H,64,72)(H,65,73)(H,62,66,67)/b12-7+. The molecule has 23 heteroatoms. The Morgan fingerprint density at radius 2 is 1.66 bits per heavy atom. The Morgan fingerprint density at radius 1 is 0.900 bits per heavy atom. The van der Waals surface area contributed by atoms with Crippen molar-refractivity contribution in [3.63, 3.8) is 0 Å². The average Bonchev–Trinajstić information content (AvgIpc) is 4.02. The number of nitrogens with one attached hydrogen (secondary N) is 5. The fourth-order valence-electron chi connectivity index (χ4n) is 9.87. The van der Waals surface area contributed by atoms with Crippen LogP contribution in [-0.2, 0) is 35.1 Å². The van der Waals surface area contributed by atoms with Crippen molar-refractivity contribution in [3.05, 3.63) is 114 Å². The number of hydrogen-bond acceptors (Lipinski definition) is 18. The third kappa shape index (κ3) is 13.9. The van der Waals surface area contributed by atoms with Gasteiger partial charge in [-0.1, -0.05) is 56.3 Å². The molecule has 8 N–H and O–H groups in total. The molecule has 0 bridgehead atoms. The molecule has 2 unspecified atom stereocenters. The molecule has 3 aliphatic heterocycles. The van der Waals surface area contributed by atoms with Gasteiger partial charge in [0.05, 0.1) is 75.2 Å². The molecule has 23 nitrogen and oxygen atoms in total. The number of carbonyl (C=O) groups excluding carboxylic acids is 5. The number of aromatic nitrogens is 5. The molecule has 2 fully saturated rings. The molecule has 0 spiro atoms. The first-order valence-electron chi connectivity index (χ1n) is 27.2. The Labute approximate surface area is 463 Å². The van der Waals surface area contributed by atoms with E-state index in [0.717, 1.165) is 69.6 Å². The van der Waals surface area contributed by atoms with E-state index in [4.69, 9.17) is 34.9 Å². The lowest BCUT2D eigenvalue weighted by atomic mass is 9.99. The average molecular weight is 1100 g/mol. The van der Waals surface area contributed by atoms with Crippen molar-refractivity contribution in [1.82, 2.24) is 45.0 Å². The highest BCUT2D eigenvalue weighted by Gasteiger charge is 2.45. The summed E-state index contributed by atoms with van der Waals surface area (Å²) in [5.74, 6) is -0.578. The number of rotatable bonds is 26. The van der Waals surface area contributed by atoms with Crippen molar-refractivity contribution >= 4 is 69.2 Å². The van der Waals surface area contributed by atoms with Crippen molar-refractivity contribution in [3.8, 4) is 11.3 Å². The van der Waals surface area contributed by atoms with Gasteiger partial charge in [0.25, 0.3) is 11.8 Å². The summed E-state index contributed by atoms with van der Waals surface area (Å²) in [4.78, 5) is 83.6. The number of aliphatic hydroxyl groups is 1. The smallest absolute Gasteiger partial charge is 0.264 e. The maximum Gasteiger partial charge on any atom is 0.264 e. The third-order valence-electron chi connectivity index (χ3n) is 14.2. The first-order chi connectivity index (χ1) is 38.8. The minimum Gasteiger partial charge on any atom is -0.378 e. The number of carbonyl (C=O) groups is 5. The van der Waals surface area contributed by atoms with Crippen LogP contribution in [0.15, 0.2) is 91.3 Å². The Kier molecular flexibility index (Phi) is 19.0. The van der Waals surface area contributed by atoms with Crippen LogP contribution < -0.4 is 37.2 Å². The number of hydrogen-bond donors (Lipinski definition) is 7. The Bertz CT molecular complexity index is 3220. The Morgan fingerprint density at radius 3 is 2.45 bits per heavy atom. The van der Waals surface area contributed by atoms with Crippen LogP contribution in [0.4, 0.5) is 23.3 Å². The Balaban J connectivity index is 0.642. The summed E-state index contributed by atoms with van der Waals surface area (Å²) in [5, 5.41) is 31.5. The second-order valence-corrected chi connectivity index (χ2v) is 20.3. The minimum atomic E-state index is -1.36. The van der Waals surface area contributed by atoms with Crippen molar-refractivity contribution in [2.45, 2.75) is 70.3 Å². The number of likely N-dealkylation sites (N-methyl/N-ethyl adjacent to an activating group) is 1. The molecule has 5 amide bonds. The van der Waals surface area contributed by atoms with Gasteiger partial charge < -0.3 is 61.4 Å². The number of benzene rings is 3. The summed E-state index contributed by atoms with van der Waals surface area (Å²) in [6.45, 7) is 9.85. The largest absolute Gasteiger partial charge is 0.378 e. The van der Waals surface area contributed by atoms with Gasteiger partial charge in [-0.25, -0.2) is 0 Å². The van der Waals surface area contributed by atoms with E-state index in [1.807, 2.05) is 60.6 Å². The van der Waals surface area contributed by atoms with Crippen LogP contribution in [-0.4, -0.2) is 173 Å². The number of imide groups is 1. The quantitative estimate of drug-likeness (QED) is 0.0230. The molecule has 0 radical (unpaired) electrons. The summed E-state index contributed by atoms with van der Waals surface area (Å²) in [6.07, 6.45) is 7.65. The number of pyridine rings is 1. The van der Waals surface area contributed by atoms with Gasteiger partial charge >= 0.3 is 0 Å². The predicted molar refractivity (Wildman–Crippen MR) is 302 cm³/mol. The van der Waals surface area contributed by atoms with Gasteiger partial charge in [0.2, 0.25) is 29.6 Å². The van der Waals surface area contributed by atoms with E-state index in [9.17, 15) is 29.1 Å². The van der Waals surface area contributed by atoms with Gasteiger partial charge in [-0.2, -0.15) is 19.6 Å². The van der Waals surface area contributed by atoms with E-state index in [0.29, 0.717) is 75.9 Å². The summed E-state index contributed by atoms with van der Waals surface area (Å²) >= 11 is 0. The zero-order chi connectivity index (χ0) is 56.1. The zero-order valence-electron chi connectivity index (χ0n) is 45.4. The zero-order valence-corrected chi connectivity index (χ0v) is 45.4. The predicted octanol–water partition coefficient (Wildman–Crippen LogP) is 3.90. The number of aliphatic hydroxyl groups excluding tert-OH is 1. The molecule has 0 saturated carbocycles. The molecule has 0 aliphatic carbocycles. The van der Waals surface area contributed by atoms with Crippen molar-refractivity contribution < 1.29 is 43.3 Å². The maximum atomic E-state index is 13.3. The van der Waals surface area contributed by atoms with E-state index in [-0.39, 0.29) is 73.3 Å². The van der Waals surface area contributed by atoms with E-state index < -0.39 is 24.1 Å². The number of anilines is 4.